The average molecular weight is 385 g/mol. The number of ether oxygens (including phenoxy) is 1. The number of esters is 1. The molecule has 1 atom stereocenters. The van der Waals surface area contributed by atoms with Crippen LogP contribution >= 0.6 is 27.3 Å². The number of carbonyl (C=O) groups is 1. The van der Waals surface area contributed by atoms with Crippen molar-refractivity contribution in [3.05, 3.63) is 20.9 Å². The van der Waals surface area contributed by atoms with Crippen LogP contribution in [0.1, 0.15) is 55.2 Å². The number of hydrogen-bond acceptors (Lipinski definition) is 4. The summed E-state index contributed by atoms with van der Waals surface area (Å²) < 4.78 is 7.89. The van der Waals surface area contributed by atoms with Gasteiger partial charge in [-0.25, -0.2) is 9.78 Å². The highest BCUT2D eigenvalue weighted by Crippen LogP contribution is 2.41. The molecule has 0 spiro atoms. The smallest absolute Gasteiger partial charge is 0.359 e. The van der Waals surface area contributed by atoms with Gasteiger partial charge in [0.2, 0.25) is 0 Å². The fourth-order valence-electron chi connectivity index (χ4n) is 3.09. The molecule has 3 rings (SSSR count). The molecule has 22 heavy (non-hydrogen) atoms. The number of rotatable bonds is 2. The van der Waals surface area contributed by atoms with Crippen LogP contribution in [0.15, 0.2) is 4.60 Å². The minimum Gasteiger partial charge on any atom is -0.461 e. The van der Waals surface area contributed by atoms with E-state index < -0.39 is 0 Å². The first-order chi connectivity index (χ1) is 10.3. The predicted octanol–water partition coefficient (Wildman–Crippen LogP) is 4.49. The summed E-state index contributed by atoms with van der Waals surface area (Å²) in [7, 11) is 0. The Bertz CT molecular complexity index is 727. The Morgan fingerprint density at radius 1 is 1.50 bits per heavy atom. The Labute approximate surface area is 143 Å². The molecule has 0 aliphatic heterocycles. The first kappa shape index (κ1) is 16.0. The highest BCUT2D eigenvalue weighted by Gasteiger charge is 2.32. The van der Waals surface area contributed by atoms with Crippen molar-refractivity contribution >= 4 is 38.2 Å². The van der Waals surface area contributed by atoms with Gasteiger partial charge >= 0.3 is 5.97 Å². The van der Waals surface area contributed by atoms with Gasteiger partial charge < -0.3 is 4.74 Å². The molecule has 0 amide bonds. The van der Waals surface area contributed by atoms with Crippen molar-refractivity contribution in [1.29, 1.82) is 0 Å². The Hall–Kier alpha value is -0.880. The zero-order valence-corrected chi connectivity index (χ0v) is 15.8. The molecule has 0 saturated heterocycles. The molecule has 2 heterocycles. The lowest BCUT2D eigenvalue weighted by Gasteiger charge is -2.33. The molecule has 4 nitrogen and oxygen atoms in total. The molecule has 6 heteroatoms. The summed E-state index contributed by atoms with van der Waals surface area (Å²) in [6.07, 6.45) is 3.32. The highest BCUT2D eigenvalue weighted by atomic mass is 79.9. The molecule has 2 aromatic heterocycles. The highest BCUT2D eigenvalue weighted by molar-refractivity contribution is 9.10. The summed E-state index contributed by atoms with van der Waals surface area (Å²) in [4.78, 5) is 18.7. The van der Waals surface area contributed by atoms with Gasteiger partial charge in [0.15, 0.2) is 10.7 Å². The van der Waals surface area contributed by atoms with Crippen molar-refractivity contribution in [2.24, 2.45) is 11.3 Å². The second-order valence-corrected chi connectivity index (χ2v) is 8.68. The zero-order chi connectivity index (χ0) is 16.1. The van der Waals surface area contributed by atoms with E-state index >= 15 is 0 Å². The van der Waals surface area contributed by atoms with Gasteiger partial charge in [-0.3, -0.25) is 4.40 Å². The van der Waals surface area contributed by atoms with Crippen LogP contribution in [0, 0.1) is 11.3 Å². The second kappa shape index (κ2) is 5.64. The van der Waals surface area contributed by atoms with Crippen LogP contribution in [0.3, 0.4) is 0 Å². The normalized spacial score (nSPS) is 18.5. The number of imidazole rings is 1. The van der Waals surface area contributed by atoms with Crippen LogP contribution in [0.25, 0.3) is 4.96 Å². The van der Waals surface area contributed by atoms with E-state index in [0.717, 1.165) is 22.4 Å². The Balaban J connectivity index is 2.00. The van der Waals surface area contributed by atoms with Crippen LogP contribution < -0.4 is 0 Å². The maximum atomic E-state index is 12.0. The van der Waals surface area contributed by atoms with Gasteiger partial charge in [0.1, 0.15) is 4.60 Å². The maximum absolute atomic E-state index is 12.0. The van der Waals surface area contributed by atoms with Gasteiger partial charge in [-0.15, -0.1) is 11.3 Å². The standard InChI is InChI=1S/C16H21BrN2O2S/c1-5-21-14(20)12-13(17)19-10-7-6-9(16(2,3)4)8-11(10)22-15(19)18-12/h9H,5-8H2,1-4H3. The topological polar surface area (TPSA) is 43.6 Å². The van der Waals surface area contributed by atoms with E-state index in [1.165, 1.54) is 17.0 Å². The quantitative estimate of drug-likeness (QED) is 0.716. The molecule has 2 aromatic rings. The van der Waals surface area contributed by atoms with Crippen LogP contribution in [0.2, 0.25) is 0 Å². The van der Waals surface area contributed by atoms with Crippen molar-refractivity contribution in [2.45, 2.75) is 47.0 Å². The first-order valence-electron chi connectivity index (χ1n) is 7.68. The minimum atomic E-state index is -0.359. The summed E-state index contributed by atoms with van der Waals surface area (Å²) >= 11 is 5.25. The molecular formula is C16H21BrN2O2S. The molecule has 0 saturated carbocycles. The lowest BCUT2D eigenvalue weighted by atomic mass is 9.73. The first-order valence-corrected chi connectivity index (χ1v) is 9.29. The third-order valence-electron chi connectivity index (χ3n) is 4.45. The maximum Gasteiger partial charge on any atom is 0.359 e. The Kier molecular flexibility index (Phi) is 4.10. The van der Waals surface area contributed by atoms with E-state index in [1.807, 2.05) is 0 Å². The number of carbonyl (C=O) groups excluding carboxylic acids is 1. The van der Waals surface area contributed by atoms with Crippen molar-refractivity contribution < 1.29 is 9.53 Å². The number of nitrogens with zero attached hydrogens (tertiary/aromatic N) is 2. The van der Waals surface area contributed by atoms with Gasteiger partial charge in [-0.1, -0.05) is 20.8 Å². The number of halogens is 1. The monoisotopic (exact) mass is 384 g/mol. The summed E-state index contributed by atoms with van der Waals surface area (Å²) in [5, 5.41) is 0. The Morgan fingerprint density at radius 3 is 2.86 bits per heavy atom. The third-order valence-corrected chi connectivity index (χ3v) is 6.29. The van der Waals surface area contributed by atoms with E-state index in [-0.39, 0.29) is 5.97 Å². The molecule has 120 valence electrons. The molecule has 0 fully saturated rings. The number of fused-ring (bicyclic) bond motifs is 3. The summed E-state index contributed by atoms with van der Waals surface area (Å²) in [6, 6.07) is 0. The molecule has 0 bridgehead atoms. The molecule has 1 unspecified atom stereocenters. The molecule has 0 N–H and O–H groups in total. The van der Waals surface area contributed by atoms with Gasteiger partial charge in [0.25, 0.3) is 0 Å². The fraction of sp³-hybridized carbons (Fsp3) is 0.625. The van der Waals surface area contributed by atoms with E-state index in [4.69, 9.17) is 4.74 Å². The average Bonchev–Trinajstić information content (AvgIpc) is 2.94. The minimum absolute atomic E-state index is 0.330. The zero-order valence-electron chi connectivity index (χ0n) is 13.4. The van der Waals surface area contributed by atoms with Crippen molar-refractivity contribution in [2.75, 3.05) is 6.61 Å². The van der Waals surface area contributed by atoms with Crippen LogP contribution in [0.5, 0.6) is 0 Å². The number of aryl methyl sites for hydroxylation is 1. The predicted molar refractivity (Wildman–Crippen MR) is 91.7 cm³/mol. The lowest BCUT2D eigenvalue weighted by molar-refractivity contribution is 0.0519. The molecule has 1 aliphatic rings. The Morgan fingerprint density at radius 2 is 2.23 bits per heavy atom. The molecular weight excluding hydrogens is 364 g/mol. The second-order valence-electron chi connectivity index (χ2n) is 6.87. The fourth-order valence-corrected chi connectivity index (χ4v) is 5.09. The summed E-state index contributed by atoms with van der Waals surface area (Å²) in [5.74, 6) is 0.342. The van der Waals surface area contributed by atoms with E-state index in [9.17, 15) is 4.79 Å². The summed E-state index contributed by atoms with van der Waals surface area (Å²) in [5.41, 5.74) is 2.01. The molecule has 1 aliphatic carbocycles. The van der Waals surface area contributed by atoms with Gasteiger partial charge in [0, 0.05) is 10.6 Å². The van der Waals surface area contributed by atoms with Crippen LogP contribution in [0.4, 0.5) is 0 Å². The lowest BCUT2D eigenvalue weighted by Crippen LogP contribution is -2.26. The van der Waals surface area contributed by atoms with Crippen LogP contribution in [-0.2, 0) is 17.6 Å². The van der Waals surface area contributed by atoms with Gasteiger partial charge in [0.05, 0.1) is 6.61 Å². The molecule has 0 radical (unpaired) electrons. The molecule has 0 aromatic carbocycles. The largest absolute Gasteiger partial charge is 0.461 e. The van der Waals surface area contributed by atoms with Crippen LogP contribution in [-0.4, -0.2) is 22.0 Å². The van der Waals surface area contributed by atoms with Gasteiger partial charge in [-0.05, 0) is 53.4 Å². The van der Waals surface area contributed by atoms with E-state index in [0.29, 0.717) is 23.6 Å². The van der Waals surface area contributed by atoms with Gasteiger partial charge in [-0.2, -0.15) is 0 Å². The number of hydrogen-bond donors (Lipinski definition) is 0. The van der Waals surface area contributed by atoms with Crippen molar-refractivity contribution in [3.63, 3.8) is 0 Å². The third kappa shape index (κ3) is 2.60. The SMILES string of the molecule is CCOC(=O)c1nc2sc3c(n2c1Br)CCC(C(C)(C)C)C3. The van der Waals surface area contributed by atoms with Crippen molar-refractivity contribution in [1.82, 2.24) is 9.38 Å². The van der Waals surface area contributed by atoms with E-state index in [2.05, 4.69) is 46.1 Å². The van der Waals surface area contributed by atoms with Crippen molar-refractivity contribution in [3.8, 4) is 0 Å². The summed E-state index contributed by atoms with van der Waals surface area (Å²) in [6.45, 7) is 9.11. The van der Waals surface area contributed by atoms with E-state index in [1.54, 1.807) is 18.3 Å². The number of thiazole rings is 1. The number of aromatic nitrogens is 2.